The molecule has 3 amide bonds. The van der Waals surface area contributed by atoms with Gasteiger partial charge in [0.05, 0.1) is 30.8 Å². The highest BCUT2D eigenvalue weighted by Gasteiger charge is 2.48. The Morgan fingerprint density at radius 3 is 1.93 bits per heavy atom. The lowest BCUT2D eigenvalue weighted by molar-refractivity contribution is -0.119. The third-order valence-corrected chi connectivity index (χ3v) is 20.4. The van der Waals surface area contributed by atoms with Crippen molar-refractivity contribution < 1.29 is 59.0 Å². The van der Waals surface area contributed by atoms with E-state index in [-0.39, 0.29) is 61.1 Å². The average molecular weight is 1110 g/mol. The van der Waals surface area contributed by atoms with E-state index < -0.39 is 54.0 Å². The number of nitrogens with zero attached hydrogens (tertiary/aromatic N) is 2. The van der Waals surface area contributed by atoms with Gasteiger partial charge >= 0.3 is 0 Å². The van der Waals surface area contributed by atoms with Crippen LogP contribution in [0.1, 0.15) is 99.7 Å². The molecule has 4 aliphatic heterocycles. The monoisotopic (exact) mass is 1110 g/mol. The van der Waals surface area contributed by atoms with Crippen LogP contribution in [0.5, 0.6) is 17.2 Å². The Morgan fingerprint density at radius 1 is 0.737 bits per heavy atom. The van der Waals surface area contributed by atoms with Crippen LogP contribution in [0.3, 0.4) is 0 Å². The lowest BCUT2D eigenvalue weighted by Gasteiger charge is -2.28. The molecule has 0 bridgehead atoms. The molecule has 4 atom stereocenters. The molecular formula is C56H61N3O13S4. The van der Waals surface area contributed by atoms with Crippen LogP contribution in [-0.4, -0.2) is 92.7 Å². The number of carbonyl (C=O) groups is 4. The average Bonchev–Trinajstić information content (AvgIpc) is 3.92. The summed E-state index contributed by atoms with van der Waals surface area (Å²) in [7, 11) is -3.02. The van der Waals surface area contributed by atoms with E-state index in [1.165, 1.54) is 28.7 Å². The third-order valence-electron chi connectivity index (χ3n) is 14.6. The summed E-state index contributed by atoms with van der Waals surface area (Å²) in [6.45, 7) is 7.23. The van der Waals surface area contributed by atoms with Crippen LogP contribution >= 0.6 is 21.6 Å². The Balaban J connectivity index is 1.01. The molecule has 0 fully saturated rings. The van der Waals surface area contributed by atoms with Crippen molar-refractivity contribution in [2.24, 2.45) is 5.92 Å². The number of ketones is 1. The molecule has 76 heavy (non-hydrogen) atoms. The SMILES string of the molecule is CCC(=O)CCCSSC(C)(C)C(=O)Nc1cc(COc2cc3c(cc2C)C(=O)N2c4ccccc4C[C@H]2C(S(=O)(=O)OC)C3)cc(COc2cc3c(cc2OC)C(=O)N2c4ccccc4C[C@H]2C(CS(=O)(=O)O)C3)c1. The zero-order valence-electron chi connectivity index (χ0n) is 43.1. The van der Waals surface area contributed by atoms with E-state index in [9.17, 15) is 40.6 Å². The Labute approximate surface area is 451 Å². The molecule has 0 radical (unpaired) electrons. The molecule has 4 aliphatic rings. The number of Topliss-reactive ketones (excluding diaryl/α,β-unsaturated/α-hetero) is 1. The summed E-state index contributed by atoms with van der Waals surface area (Å²) in [4.78, 5) is 58.0. The number of hydrogen-bond acceptors (Lipinski definition) is 14. The molecule has 0 saturated heterocycles. The summed E-state index contributed by atoms with van der Waals surface area (Å²) in [5.74, 6) is -0.260. The van der Waals surface area contributed by atoms with Crippen molar-refractivity contribution in [3.63, 3.8) is 0 Å². The maximum Gasteiger partial charge on any atom is 0.272 e. The number of fused-ring (bicyclic) bond motifs is 8. The number of ether oxygens (including phenoxy) is 3. The molecule has 2 unspecified atom stereocenters. The first kappa shape index (κ1) is 54.9. The van der Waals surface area contributed by atoms with E-state index in [0.29, 0.717) is 99.6 Å². The smallest absolute Gasteiger partial charge is 0.272 e. The van der Waals surface area contributed by atoms with E-state index >= 15 is 0 Å². The first-order valence-electron chi connectivity index (χ1n) is 25.1. The van der Waals surface area contributed by atoms with Gasteiger partial charge in [0.25, 0.3) is 32.1 Å². The number of rotatable bonds is 20. The van der Waals surface area contributed by atoms with Gasteiger partial charge in [0, 0.05) is 58.7 Å². The number of para-hydroxylation sites is 2. The molecule has 0 aromatic heterocycles. The quantitative estimate of drug-likeness (QED) is 0.0322. The molecule has 2 N–H and O–H groups in total. The van der Waals surface area contributed by atoms with E-state index in [1.54, 1.807) is 46.2 Å². The van der Waals surface area contributed by atoms with Crippen LogP contribution in [0.2, 0.25) is 0 Å². The first-order chi connectivity index (χ1) is 36.2. The van der Waals surface area contributed by atoms with Crippen LogP contribution in [0.15, 0.2) is 91.0 Å². The Hall–Kier alpha value is -5.90. The molecular weight excluding hydrogens is 1050 g/mol. The van der Waals surface area contributed by atoms with Gasteiger partial charge < -0.3 is 29.3 Å². The maximum atomic E-state index is 14.5. The molecule has 16 nitrogen and oxygen atoms in total. The van der Waals surface area contributed by atoms with Crippen LogP contribution in [0, 0.1) is 12.8 Å². The summed E-state index contributed by atoms with van der Waals surface area (Å²) in [6.07, 6.45) is 2.61. The van der Waals surface area contributed by atoms with Crippen molar-refractivity contribution in [1.29, 1.82) is 0 Å². The molecule has 5 aromatic carbocycles. The zero-order valence-corrected chi connectivity index (χ0v) is 46.4. The lowest BCUT2D eigenvalue weighted by Crippen LogP contribution is -2.47. The molecule has 5 aromatic rings. The van der Waals surface area contributed by atoms with E-state index in [2.05, 4.69) is 5.32 Å². The van der Waals surface area contributed by atoms with Gasteiger partial charge in [-0.15, -0.1) is 0 Å². The second kappa shape index (κ2) is 22.2. The van der Waals surface area contributed by atoms with Crippen LogP contribution < -0.4 is 29.3 Å². The van der Waals surface area contributed by atoms with Crippen LogP contribution in [0.25, 0.3) is 0 Å². The number of aryl methyl sites for hydroxylation is 1. The normalized spacial score (nSPS) is 18.8. The molecule has 9 rings (SSSR count). The van der Waals surface area contributed by atoms with E-state index in [1.807, 2.05) is 82.3 Å². The maximum absolute atomic E-state index is 14.5. The first-order valence-corrected chi connectivity index (χ1v) is 30.5. The second-order valence-electron chi connectivity index (χ2n) is 20.2. The number of anilines is 3. The summed E-state index contributed by atoms with van der Waals surface area (Å²) >= 11 is 0. The molecule has 0 spiro atoms. The predicted octanol–water partition coefficient (Wildman–Crippen LogP) is 9.12. The van der Waals surface area contributed by atoms with Gasteiger partial charge in [-0.25, -0.2) is 0 Å². The number of hydrogen-bond donors (Lipinski definition) is 2. The van der Waals surface area contributed by atoms with Crippen molar-refractivity contribution in [3.8, 4) is 17.2 Å². The topological polar surface area (TPSA) is 212 Å². The van der Waals surface area contributed by atoms with E-state index in [0.717, 1.165) is 18.2 Å². The van der Waals surface area contributed by atoms with Crippen LogP contribution in [0.4, 0.5) is 17.1 Å². The summed E-state index contributed by atoms with van der Waals surface area (Å²) in [6, 6.07) is 25.8. The minimum Gasteiger partial charge on any atom is -0.493 e. The number of benzene rings is 5. The van der Waals surface area contributed by atoms with Crippen LogP contribution in [-0.2, 0) is 72.9 Å². The minimum absolute atomic E-state index is 0.00327. The highest BCUT2D eigenvalue weighted by atomic mass is 33.1. The van der Waals surface area contributed by atoms with Gasteiger partial charge in [-0.1, -0.05) is 64.9 Å². The number of carbonyl (C=O) groups excluding carboxylic acids is 4. The molecule has 4 heterocycles. The van der Waals surface area contributed by atoms with Gasteiger partial charge in [0.2, 0.25) is 5.91 Å². The summed E-state index contributed by atoms with van der Waals surface area (Å²) in [5.41, 5.74) is 7.19. The van der Waals surface area contributed by atoms with Crippen molar-refractivity contribution in [2.45, 2.75) is 108 Å². The highest BCUT2D eigenvalue weighted by molar-refractivity contribution is 8.77. The minimum atomic E-state index is -4.44. The van der Waals surface area contributed by atoms with Gasteiger partial charge in [0.1, 0.15) is 30.0 Å². The predicted molar refractivity (Wildman–Crippen MR) is 295 cm³/mol. The second-order valence-corrected chi connectivity index (χ2v) is 26.6. The van der Waals surface area contributed by atoms with Crippen molar-refractivity contribution in [3.05, 3.63) is 141 Å². The summed E-state index contributed by atoms with van der Waals surface area (Å²) in [5, 5.41) is 2.02. The molecule has 0 aliphatic carbocycles. The van der Waals surface area contributed by atoms with Crippen molar-refractivity contribution in [1.82, 2.24) is 0 Å². The highest BCUT2D eigenvalue weighted by Crippen LogP contribution is 2.45. The fourth-order valence-electron chi connectivity index (χ4n) is 10.7. The van der Waals surface area contributed by atoms with Gasteiger partial charge in [-0.2, -0.15) is 16.8 Å². The fourth-order valence-corrected chi connectivity index (χ4v) is 15.3. The number of methoxy groups -OCH3 is 1. The van der Waals surface area contributed by atoms with Crippen molar-refractivity contribution >= 4 is 82.4 Å². The van der Waals surface area contributed by atoms with Gasteiger partial charge in [0.15, 0.2) is 11.5 Å². The Bertz CT molecular complexity index is 3350. The fraction of sp³-hybridized carbons (Fsp3) is 0.393. The lowest BCUT2D eigenvalue weighted by atomic mass is 9.91. The zero-order chi connectivity index (χ0) is 54.3. The third kappa shape index (κ3) is 11.5. The molecule has 0 saturated carbocycles. The molecule has 20 heteroatoms. The number of nitrogens with one attached hydrogen (secondary N) is 1. The molecule has 402 valence electrons. The summed E-state index contributed by atoms with van der Waals surface area (Å²) < 4.78 is 85.2. The van der Waals surface area contributed by atoms with Gasteiger partial charge in [-0.3, -0.25) is 27.9 Å². The Morgan fingerprint density at radius 2 is 1.32 bits per heavy atom. The van der Waals surface area contributed by atoms with E-state index in [4.69, 9.17) is 18.4 Å². The van der Waals surface area contributed by atoms with Crippen molar-refractivity contribution in [2.75, 3.05) is 40.8 Å². The Kier molecular flexibility index (Phi) is 16.0. The number of amides is 3. The standard InChI is InChI=1S/C56H61N3O13S4/c1-7-42(60)15-12-18-73-74-56(3,4)55(63)57-41-21-34(30-71-49-26-39-28-52(76(67,68)70-6)48-25-37-14-9-11-17-46(37)59(48)53(61)43(39)19-33(49)2)20-35(22-41)31-72-51-27-38-23-40(32-75(64,65)66)47-24-36-13-8-10-16-45(36)58(47)54(62)44(38)29-50(51)69-5/h8-11,13-14,16-17,19-22,26-27,29,40,47-48,52H,7,12,15,18,23-25,28,30-32H2,1-6H3,(H,57,63)(H,64,65,66)/t40?,47-,48-,52?/m0/s1. The van der Waals surface area contributed by atoms with Gasteiger partial charge in [-0.05, 0) is 146 Å². The largest absolute Gasteiger partial charge is 0.493 e.